The smallest absolute Gasteiger partial charge is 0.159 e. The summed E-state index contributed by atoms with van der Waals surface area (Å²) in [6.07, 6.45) is 0. The minimum absolute atomic E-state index is 0.0787. The zero-order valence-electron chi connectivity index (χ0n) is 42.6. The maximum Gasteiger partial charge on any atom is 0.159 e. The highest BCUT2D eigenvalue weighted by Gasteiger charge is 2.16. The second kappa shape index (κ2) is 21.3. The number of nitrogens with one attached hydrogen (secondary N) is 2. The molecule has 7 nitrogen and oxygen atoms in total. The zero-order chi connectivity index (χ0) is 52.4. The fourth-order valence-electron chi connectivity index (χ4n) is 9.30. The summed E-state index contributed by atoms with van der Waals surface area (Å²) in [5.41, 5.74) is 23.0. The van der Waals surface area contributed by atoms with Crippen LogP contribution in [0.15, 0.2) is 175 Å². The van der Waals surface area contributed by atoms with Crippen LogP contribution in [-0.4, -0.2) is 10.8 Å². The summed E-state index contributed by atoms with van der Waals surface area (Å²) < 4.78 is 25.2. The number of para-hydroxylation sites is 5. The molecular formula is C63H54BrCl2N3O4. The van der Waals surface area contributed by atoms with Crippen LogP contribution < -0.4 is 11.1 Å². The lowest BCUT2D eigenvalue weighted by Crippen LogP contribution is -1.95. The number of hydrogen-bond acceptors (Lipinski definition) is 6. The molecule has 4 aromatic heterocycles. The number of hydrogen-bond donors (Lipinski definition) is 3. The van der Waals surface area contributed by atoms with Crippen LogP contribution in [0.25, 0.3) is 87.6 Å². The van der Waals surface area contributed by atoms with E-state index in [4.69, 9.17) is 43.6 Å². The van der Waals surface area contributed by atoms with E-state index in [0.29, 0.717) is 10.7 Å². The SMILES string of the molecule is Brc1cccc2c1oc1ccccc12.Cc1cc(C)c(N)c(Cl)c1.Cc1cc(C)c(Nc2cccc3c2oc2ccccc23)c(Cl)c1.Cc1cc(C)c2[nH]c3c(ccc4c5ccccc5oc43)c2c1.[2H]CC(C)=O. The summed E-state index contributed by atoms with van der Waals surface area (Å²) in [7, 11) is 0. The Hall–Kier alpha value is -7.49. The molecule has 73 heavy (non-hydrogen) atoms. The zero-order valence-corrected chi connectivity index (χ0v) is 44.7. The number of aromatic amines is 1. The molecule has 0 spiro atoms. The summed E-state index contributed by atoms with van der Waals surface area (Å²) in [6, 6.07) is 53.4. The average Bonchev–Trinajstić information content (AvgIpc) is 4.17. The molecule has 0 unspecified atom stereocenters. The van der Waals surface area contributed by atoms with E-state index in [0.717, 1.165) is 98.3 Å². The monoisotopic (exact) mass is 1070 g/mol. The Labute approximate surface area is 443 Å². The van der Waals surface area contributed by atoms with Gasteiger partial charge in [-0.1, -0.05) is 132 Å². The van der Waals surface area contributed by atoms with Gasteiger partial charge in [-0.2, -0.15) is 0 Å². The number of aryl methyl sites for hydroxylation is 6. The van der Waals surface area contributed by atoms with Gasteiger partial charge in [-0.05, 0) is 154 Å². The molecule has 0 saturated heterocycles. The molecule has 4 N–H and O–H groups in total. The van der Waals surface area contributed by atoms with E-state index >= 15 is 0 Å². The standard InChI is InChI=1S/C20H16ClNO.C20H15NO.C12H7BrO.C8H10ClN.C3H6O/c1-12-10-13(2)19(16(21)11-12)22-17-8-5-7-15-14-6-3-4-9-18(14)23-20(15)17;1-11-9-12(2)18-16(10-11)14-7-8-15-13-5-3-4-6-17(13)22-20(15)19(14)21-18;13-10-6-3-5-9-8-4-1-2-7-11(8)14-12(9)10;1-5-3-6(2)8(10)7(9)4-5;1-3(2)4/h3-11,22H,1-2H3;3-10,21H,1-2H3;1-7H;3-4H,10H2,1-2H3;1-2H3/i;;;;1D. The number of aromatic nitrogens is 1. The molecule has 0 atom stereocenters. The lowest BCUT2D eigenvalue weighted by Gasteiger charge is -2.13. The number of Topliss-reactive ketones (excluding diaryl/α,β-unsaturated/α-hetero) is 1. The Morgan fingerprint density at radius 1 is 0.521 bits per heavy atom. The predicted octanol–water partition coefficient (Wildman–Crippen LogP) is 19.9. The number of H-pyrrole nitrogens is 1. The molecule has 9 aromatic carbocycles. The first-order chi connectivity index (χ1) is 35.6. The van der Waals surface area contributed by atoms with E-state index in [9.17, 15) is 4.79 Å². The molecule has 0 aliphatic heterocycles. The summed E-state index contributed by atoms with van der Waals surface area (Å²) in [4.78, 5) is 13.2. The van der Waals surface area contributed by atoms with Gasteiger partial charge in [-0.25, -0.2) is 0 Å². The van der Waals surface area contributed by atoms with Crippen LogP contribution in [0, 0.1) is 41.5 Å². The molecule has 366 valence electrons. The van der Waals surface area contributed by atoms with E-state index < -0.39 is 0 Å². The number of carbonyl (C=O) groups is 1. The van der Waals surface area contributed by atoms with Crippen molar-refractivity contribution < 1.29 is 19.4 Å². The molecule has 0 bridgehead atoms. The molecule has 0 radical (unpaired) electrons. The third kappa shape index (κ3) is 10.6. The van der Waals surface area contributed by atoms with Gasteiger partial charge >= 0.3 is 0 Å². The van der Waals surface area contributed by atoms with Crippen molar-refractivity contribution in [2.24, 2.45) is 0 Å². The number of nitrogen functional groups attached to an aromatic ring is 1. The van der Waals surface area contributed by atoms with Gasteiger partial charge in [0.1, 0.15) is 28.1 Å². The number of furan rings is 3. The highest BCUT2D eigenvalue weighted by Crippen LogP contribution is 2.40. The molecule has 13 rings (SSSR count). The van der Waals surface area contributed by atoms with Crippen LogP contribution in [0.3, 0.4) is 0 Å². The highest BCUT2D eigenvalue weighted by molar-refractivity contribution is 9.10. The Morgan fingerprint density at radius 3 is 1.58 bits per heavy atom. The van der Waals surface area contributed by atoms with Crippen LogP contribution in [0.2, 0.25) is 10.0 Å². The Bertz CT molecular complexity index is 4180. The summed E-state index contributed by atoms with van der Waals surface area (Å²) >= 11 is 15.7. The van der Waals surface area contributed by atoms with Crippen LogP contribution in [-0.2, 0) is 4.79 Å². The maximum absolute atomic E-state index is 9.62. The van der Waals surface area contributed by atoms with Crippen molar-refractivity contribution in [1.29, 1.82) is 0 Å². The second-order valence-corrected chi connectivity index (χ2v) is 20.0. The van der Waals surface area contributed by atoms with Crippen molar-refractivity contribution in [1.82, 2.24) is 4.98 Å². The first-order valence-corrected chi connectivity index (χ1v) is 25.3. The molecule has 0 amide bonds. The van der Waals surface area contributed by atoms with Gasteiger partial charge in [-0.15, -0.1) is 0 Å². The van der Waals surface area contributed by atoms with Crippen molar-refractivity contribution >= 4 is 150 Å². The number of nitrogens with two attached hydrogens (primary N) is 1. The number of anilines is 3. The van der Waals surface area contributed by atoms with Crippen LogP contribution >= 0.6 is 39.1 Å². The first-order valence-electron chi connectivity index (χ1n) is 24.4. The van der Waals surface area contributed by atoms with Gasteiger partial charge in [0.15, 0.2) is 11.2 Å². The van der Waals surface area contributed by atoms with Crippen molar-refractivity contribution in [3.05, 3.63) is 206 Å². The highest BCUT2D eigenvalue weighted by atomic mass is 79.9. The Balaban J connectivity index is 0.000000122. The Morgan fingerprint density at radius 2 is 0.986 bits per heavy atom. The number of benzene rings is 9. The summed E-state index contributed by atoms with van der Waals surface area (Å²) in [6.45, 7) is 13.7. The average molecular weight is 1070 g/mol. The van der Waals surface area contributed by atoms with E-state index in [1.54, 1.807) is 0 Å². The molecule has 0 fully saturated rings. The lowest BCUT2D eigenvalue weighted by atomic mass is 10.1. The molecular weight excluding hydrogens is 1010 g/mol. The maximum atomic E-state index is 9.62. The minimum atomic E-state index is -0.0833. The predicted molar refractivity (Wildman–Crippen MR) is 314 cm³/mol. The van der Waals surface area contributed by atoms with Gasteiger partial charge in [0.05, 0.1) is 37.1 Å². The van der Waals surface area contributed by atoms with Crippen LogP contribution in [0.4, 0.5) is 17.1 Å². The van der Waals surface area contributed by atoms with Crippen molar-refractivity contribution in [3.63, 3.8) is 0 Å². The largest absolute Gasteiger partial charge is 0.455 e. The second-order valence-electron chi connectivity index (χ2n) is 18.3. The fraction of sp³-hybridized carbons (Fsp3) is 0.127. The third-order valence-electron chi connectivity index (χ3n) is 12.5. The molecule has 4 heterocycles. The van der Waals surface area contributed by atoms with E-state index in [2.05, 4.69) is 114 Å². The minimum Gasteiger partial charge on any atom is -0.455 e. The van der Waals surface area contributed by atoms with Crippen molar-refractivity contribution in [3.8, 4) is 0 Å². The normalized spacial score (nSPS) is 11.2. The molecule has 0 aliphatic carbocycles. The molecule has 0 aliphatic rings. The van der Waals surface area contributed by atoms with Gasteiger partial charge in [0, 0.05) is 50.0 Å². The van der Waals surface area contributed by atoms with E-state index in [1.165, 1.54) is 50.5 Å². The summed E-state index contributed by atoms with van der Waals surface area (Å²) in [5.74, 6) is -0.0787. The third-order valence-corrected chi connectivity index (χ3v) is 13.7. The quantitative estimate of drug-likeness (QED) is 0.149. The molecule has 10 heteroatoms. The van der Waals surface area contributed by atoms with Gasteiger partial charge < -0.3 is 34.1 Å². The first kappa shape index (κ1) is 49.1. The van der Waals surface area contributed by atoms with E-state index in [1.807, 2.05) is 112 Å². The summed E-state index contributed by atoms with van der Waals surface area (Å²) in [5, 5.41) is 14.2. The lowest BCUT2D eigenvalue weighted by molar-refractivity contribution is -0.115. The van der Waals surface area contributed by atoms with E-state index in [-0.39, 0.29) is 12.7 Å². The number of fused-ring (bicyclic) bond motifs is 13. The van der Waals surface area contributed by atoms with Crippen molar-refractivity contribution in [2.75, 3.05) is 11.1 Å². The topological polar surface area (TPSA) is 110 Å². The fourth-order valence-corrected chi connectivity index (χ4v) is 10.4. The van der Waals surface area contributed by atoms with Crippen molar-refractivity contribution in [2.45, 2.75) is 55.4 Å². The van der Waals surface area contributed by atoms with Crippen LogP contribution in [0.1, 0.15) is 48.6 Å². The molecule has 13 aromatic rings. The number of ketones is 1. The van der Waals surface area contributed by atoms with Gasteiger partial charge in [0.2, 0.25) is 0 Å². The number of halogens is 3. The number of rotatable bonds is 2. The van der Waals surface area contributed by atoms with Gasteiger partial charge in [0.25, 0.3) is 0 Å². The molecule has 0 saturated carbocycles. The Kier molecular flexibility index (Phi) is 14.3. The van der Waals surface area contributed by atoms with Crippen LogP contribution in [0.5, 0.6) is 0 Å². The van der Waals surface area contributed by atoms with Gasteiger partial charge in [-0.3, -0.25) is 0 Å². The number of carbonyl (C=O) groups excluding carboxylic acids is 1.